The predicted octanol–water partition coefficient (Wildman–Crippen LogP) is 3.64. The van der Waals surface area contributed by atoms with Gasteiger partial charge in [0.25, 0.3) is 0 Å². The van der Waals surface area contributed by atoms with Crippen LogP contribution in [-0.4, -0.2) is 12.6 Å². The van der Waals surface area contributed by atoms with Crippen LogP contribution in [0.5, 0.6) is 0 Å². The van der Waals surface area contributed by atoms with Crippen LogP contribution in [0.4, 0.5) is 0 Å². The van der Waals surface area contributed by atoms with Crippen LogP contribution in [0.2, 0.25) is 5.02 Å². The molecule has 1 aromatic carbocycles. The Morgan fingerprint density at radius 1 is 1.31 bits per heavy atom. The van der Waals surface area contributed by atoms with Gasteiger partial charge in [0.2, 0.25) is 0 Å². The lowest BCUT2D eigenvalue weighted by Crippen LogP contribution is -2.20. The van der Waals surface area contributed by atoms with Crippen LogP contribution in [0.25, 0.3) is 0 Å². The lowest BCUT2D eigenvalue weighted by molar-refractivity contribution is -0.146. The highest BCUT2D eigenvalue weighted by atomic mass is 35.5. The standard InChI is InChI=1S/C13H17ClO2/c1-4-16-13(15)12(9(2)3)10-5-7-11(14)8-6-10/h5-9,12H,4H2,1-3H3/t12-/m0/s1. The molecule has 0 spiro atoms. The molecule has 0 saturated carbocycles. The molecule has 0 saturated heterocycles. The molecular formula is C13H17ClO2. The van der Waals surface area contributed by atoms with E-state index in [-0.39, 0.29) is 17.8 Å². The van der Waals surface area contributed by atoms with E-state index in [2.05, 4.69) is 0 Å². The number of carbonyl (C=O) groups excluding carboxylic acids is 1. The minimum atomic E-state index is -0.211. The molecule has 88 valence electrons. The molecule has 3 heteroatoms. The normalized spacial score (nSPS) is 12.6. The van der Waals surface area contributed by atoms with E-state index in [4.69, 9.17) is 16.3 Å². The summed E-state index contributed by atoms with van der Waals surface area (Å²) in [6, 6.07) is 7.35. The van der Waals surface area contributed by atoms with Gasteiger partial charge in [-0.05, 0) is 30.5 Å². The van der Waals surface area contributed by atoms with E-state index in [0.717, 1.165) is 5.56 Å². The van der Waals surface area contributed by atoms with E-state index >= 15 is 0 Å². The molecule has 0 radical (unpaired) electrons. The monoisotopic (exact) mass is 240 g/mol. The summed E-state index contributed by atoms with van der Waals surface area (Å²) in [6.07, 6.45) is 0. The van der Waals surface area contributed by atoms with Crippen molar-refractivity contribution < 1.29 is 9.53 Å². The molecule has 0 N–H and O–H groups in total. The van der Waals surface area contributed by atoms with Crippen LogP contribution < -0.4 is 0 Å². The molecule has 2 nitrogen and oxygen atoms in total. The molecule has 0 amide bonds. The van der Waals surface area contributed by atoms with Crippen molar-refractivity contribution in [3.63, 3.8) is 0 Å². The van der Waals surface area contributed by atoms with Crippen molar-refractivity contribution in [3.8, 4) is 0 Å². The second kappa shape index (κ2) is 5.90. The van der Waals surface area contributed by atoms with Crippen LogP contribution >= 0.6 is 11.6 Å². The number of benzene rings is 1. The smallest absolute Gasteiger partial charge is 0.313 e. The maximum absolute atomic E-state index is 11.8. The van der Waals surface area contributed by atoms with Gasteiger partial charge in [-0.15, -0.1) is 0 Å². The minimum absolute atomic E-state index is 0.167. The summed E-state index contributed by atoms with van der Waals surface area (Å²) in [5.74, 6) is -0.169. The van der Waals surface area contributed by atoms with Gasteiger partial charge in [0.15, 0.2) is 0 Å². The maximum Gasteiger partial charge on any atom is 0.313 e. The molecule has 0 bridgehead atoms. The van der Waals surface area contributed by atoms with Crippen LogP contribution in [0.15, 0.2) is 24.3 Å². The highest BCUT2D eigenvalue weighted by Gasteiger charge is 2.25. The van der Waals surface area contributed by atoms with Crippen molar-refractivity contribution in [2.75, 3.05) is 6.61 Å². The van der Waals surface area contributed by atoms with E-state index in [9.17, 15) is 4.79 Å². The van der Waals surface area contributed by atoms with E-state index < -0.39 is 0 Å². The van der Waals surface area contributed by atoms with Crippen molar-refractivity contribution >= 4 is 17.6 Å². The summed E-state index contributed by atoms with van der Waals surface area (Å²) in [7, 11) is 0. The summed E-state index contributed by atoms with van der Waals surface area (Å²) < 4.78 is 5.08. The van der Waals surface area contributed by atoms with Crippen LogP contribution in [0.3, 0.4) is 0 Å². The molecule has 0 fully saturated rings. The van der Waals surface area contributed by atoms with Gasteiger partial charge in [0, 0.05) is 5.02 Å². The summed E-state index contributed by atoms with van der Waals surface area (Å²) >= 11 is 5.82. The zero-order valence-corrected chi connectivity index (χ0v) is 10.6. The fourth-order valence-electron chi connectivity index (χ4n) is 1.70. The molecule has 0 heterocycles. The molecule has 0 aliphatic heterocycles. The van der Waals surface area contributed by atoms with E-state index in [0.29, 0.717) is 11.6 Å². The van der Waals surface area contributed by atoms with E-state index in [1.54, 1.807) is 12.1 Å². The summed E-state index contributed by atoms with van der Waals surface area (Å²) in [6.45, 7) is 6.25. The van der Waals surface area contributed by atoms with Gasteiger partial charge in [0.05, 0.1) is 12.5 Å². The number of hydrogen-bond donors (Lipinski definition) is 0. The largest absolute Gasteiger partial charge is 0.466 e. The van der Waals surface area contributed by atoms with Crippen molar-refractivity contribution in [1.82, 2.24) is 0 Å². The number of hydrogen-bond acceptors (Lipinski definition) is 2. The first-order valence-corrected chi connectivity index (χ1v) is 5.86. The number of rotatable bonds is 4. The zero-order chi connectivity index (χ0) is 12.1. The van der Waals surface area contributed by atoms with Crippen LogP contribution in [0, 0.1) is 5.92 Å². The fourth-order valence-corrected chi connectivity index (χ4v) is 1.82. The van der Waals surface area contributed by atoms with Gasteiger partial charge in [-0.3, -0.25) is 4.79 Å². The van der Waals surface area contributed by atoms with E-state index in [1.807, 2.05) is 32.9 Å². The van der Waals surface area contributed by atoms with Gasteiger partial charge >= 0.3 is 5.97 Å². The average Bonchev–Trinajstić information content (AvgIpc) is 2.21. The summed E-state index contributed by atoms with van der Waals surface area (Å²) in [5.41, 5.74) is 0.956. The Morgan fingerprint density at radius 3 is 2.31 bits per heavy atom. The molecule has 0 unspecified atom stereocenters. The molecular weight excluding hydrogens is 224 g/mol. The third-order valence-corrected chi connectivity index (χ3v) is 2.69. The molecule has 1 aromatic rings. The van der Waals surface area contributed by atoms with Crippen LogP contribution in [-0.2, 0) is 9.53 Å². The minimum Gasteiger partial charge on any atom is -0.466 e. The molecule has 1 atom stereocenters. The van der Waals surface area contributed by atoms with E-state index in [1.165, 1.54) is 0 Å². The quantitative estimate of drug-likeness (QED) is 0.751. The molecule has 0 aliphatic carbocycles. The maximum atomic E-state index is 11.8. The lowest BCUT2D eigenvalue weighted by Gasteiger charge is -2.19. The zero-order valence-electron chi connectivity index (χ0n) is 9.87. The first kappa shape index (κ1) is 13.0. The highest BCUT2D eigenvalue weighted by molar-refractivity contribution is 6.30. The Labute approximate surface area is 102 Å². The first-order chi connectivity index (χ1) is 7.56. The Morgan fingerprint density at radius 2 is 1.88 bits per heavy atom. The first-order valence-electron chi connectivity index (χ1n) is 5.48. The van der Waals surface area contributed by atoms with Crippen LogP contribution in [0.1, 0.15) is 32.3 Å². The van der Waals surface area contributed by atoms with Gasteiger partial charge in [-0.1, -0.05) is 37.6 Å². The molecule has 1 rings (SSSR count). The number of carbonyl (C=O) groups is 1. The van der Waals surface area contributed by atoms with Crippen molar-refractivity contribution in [1.29, 1.82) is 0 Å². The van der Waals surface area contributed by atoms with Crippen molar-refractivity contribution in [2.45, 2.75) is 26.7 Å². The van der Waals surface area contributed by atoms with Crippen molar-refractivity contribution in [3.05, 3.63) is 34.9 Å². The molecule has 16 heavy (non-hydrogen) atoms. The van der Waals surface area contributed by atoms with Gasteiger partial charge < -0.3 is 4.74 Å². The Balaban J connectivity index is 2.93. The second-order valence-corrected chi connectivity index (χ2v) is 4.46. The Hall–Kier alpha value is -1.02. The number of esters is 1. The number of halogens is 1. The fraction of sp³-hybridized carbons (Fsp3) is 0.462. The third-order valence-electron chi connectivity index (χ3n) is 2.44. The van der Waals surface area contributed by atoms with Gasteiger partial charge in [0.1, 0.15) is 0 Å². The Kier molecular flexibility index (Phi) is 4.81. The highest BCUT2D eigenvalue weighted by Crippen LogP contribution is 2.26. The third kappa shape index (κ3) is 3.24. The Bertz CT molecular complexity index is 343. The lowest BCUT2D eigenvalue weighted by atomic mass is 9.88. The number of ether oxygens (including phenoxy) is 1. The molecule has 0 aromatic heterocycles. The van der Waals surface area contributed by atoms with Crippen molar-refractivity contribution in [2.24, 2.45) is 5.92 Å². The van der Waals surface area contributed by atoms with Gasteiger partial charge in [-0.25, -0.2) is 0 Å². The topological polar surface area (TPSA) is 26.3 Å². The summed E-state index contributed by atoms with van der Waals surface area (Å²) in [5, 5.41) is 0.676. The SMILES string of the molecule is CCOC(=O)[C@H](c1ccc(Cl)cc1)C(C)C. The molecule has 0 aliphatic rings. The second-order valence-electron chi connectivity index (χ2n) is 4.03. The predicted molar refractivity (Wildman–Crippen MR) is 65.7 cm³/mol. The average molecular weight is 241 g/mol. The van der Waals surface area contributed by atoms with Gasteiger partial charge in [-0.2, -0.15) is 0 Å². The summed E-state index contributed by atoms with van der Waals surface area (Å²) in [4.78, 5) is 11.8.